The first kappa shape index (κ1) is 30.7. The zero-order chi connectivity index (χ0) is 30.8. The molecule has 42 heavy (non-hydrogen) atoms. The maximum Gasteiger partial charge on any atom is 0.432 e. The topological polar surface area (TPSA) is 9.23 Å². The minimum absolute atomic E-state index is 0.0127. The summed E-state index contributed by atoms with van der Waals surface area (Å²) in [6.07, 6.45) is -4.51. The molecule has 1 nitrogen and oxygen atoms in total. The third kappa shape index (κ3) is 6.61. The van der Waals surface area contributed by atoms with Gasteiger partial charge in [0.25, 0.3) is 0 Å². The summed E-state index contributed by atoms with van der Waals surface area (Å²) in [5, 5.41) is 0. The van der Waals surface area contributed by atoms with Crippen LogP contribution >= 0.6 is 0 Å². The molecule has 0 heterocycles. The summed E-state index contributed by atoms with van der Waals surface area (Å²) < 4.78 is 146. The zero-order valence-electron chi connectivity index (χ0n) is 21.7. The lowest BCUT2D eigenvalue weighted by molar-refractivity contribution is -0.189. The van der Waals surface area contributed by atoms with Crippen molar-refractivity contribution < 1.29 is 48.6 Å². The van der Waals surface area contributed by atoms with Crippen LogP contribution in [0.4, 0.5) is 43.9 Å². The molecular formula is C31H20F10O. The molecule has 0 aliphatic carbocycles. The minimum atomic E-state index is -4.60. The highest BCUT2D eigenvalue weighted by Crippen LogP contribution is 2.37. The summed E-state index contributed by atoms with van der Waals surface area (Å²) in [6.45, 7) is 1.46. The molecule has 0 N–H and O–H groups in total. The van der Waals surface area contributed by atoms with Crippen molar-refractivity contribution in [3.8, 4) is 16.9 Å². The summed E-state index contributed by atoms with van der Waals surface area (Å²) in [5.41, 5.74) is -1.99. The molecule has 0 saturated heterocycles. The maximum atomic E-state index is 14.8. The van der Waals surface area contributed by atoms with Gasteiger partial charge in [0.1, 0.15) is 34.6 Å². The molecule has 0 aliphatic rings. The van der Waals surface area contributed by atoms with E-state index in [1.807, 2.05) is 0 Å². The number of aryl methyl sites for hydroxylation is 2. The molecule has 0 spiro atoms. The molecule has 220 valence electrons. The summed E-state index contributed by atoms with van der Waals surface area (Å²) in [5.74, 6) is -12.3. The number of rotatable bonds is 9. The fourth-order valence-corrected chi connectivity index (χ4v) is 4.17. The van der Waals surface area contributed by atoms with Crippen molar-refractivity contribution in [2.24, 2.45) is 0 Å². The molecule has 0 aromatic heterocycles. The van der Waals surface area contributed by atoms with E-state index in [1.54, 1.807) is 0 Å². The molecular weight excluding hydrogens is 578 g/mol. The van der Waals surface area contributed by atoms with E-state index in [-0.39, 0.29) is 30.4 Å². The first-order valence-corrected chi connectivity index (χ1v) is 12.4. The van der Waals surface area contributed by atoms with Crippen LogP contribution in [0.1, 0.15) is 35.6 Å². The molecule has 11 heteroatoms. The predicted octanol–water partition coefficient (Wildman–Crippen LogP) is 10.1. The highest BCUT2D eigenvalue weighted by molar-refractivity contribution is 5.65. The molecule has 4 rings (SSSR count). The van der Waals surface area contributed by atoms with Crippen LogP contribution in [0.5, 0.6) is 5.75 Å². The molecule has 4 aromatic carbocycles. The van der Waals surface area contributed by atoms with Crippen LogP contribution in [0.2, 0.25) is 0 Å². The summed E-state index contributed by atoms with van der Waals surface area (Å²) in [4.78, 5) is 0. The predicted molar refractivity (Wildman–Crippen MR) is 136 cm³/mol. The first-order valence-electron chi connectivity index (χ1n) is 12.4. The molecule has 0 atom stereocenters. The zero-order valence-corrected chi connectivity index (χ0v) is 21.7. The second-order valence-corrected chi connectivity index (χ2v) is 9.22. The third-order valence-corrected chi connectivity index (χ3v) is 6.33. The highest BCUT2D eigenvalue weighted by atomic mass is 19.3. The summed E-state index contributed by atoms with van der Waals surface area (Å²) >= 11 is 0. The smallest absolute Gasteiger partial charge is 0.429 e. The Labute approximate surface area is 233 Å². The fraction of sp³-hybridized carbons (Fsp3) is 0.161. The van der Waals surface area contributed by atoms with Crippen molar-refractivity contribution in [3.05, 3.63) is 130 Å². The summed E-state index contributed by atoms with van der Waals surface area (Å²) in [7, 11) is 0. The normalized spacial score (nSPS) is 12.4. The Kier molecular flexibility index (Phi) is 8.98. The molecule has 0 fully saturated rings. The number of benzene rings is 4. The van der Waals surface area contributed by atoms with Gasteiger partial charge in [-0.05, 0) is 72.4 Å². The van der Waals surface area contributed by atoms with Gasteiger partial charge in [-0.2, -0.15) is 8.78 Å². The number of halogens is 10. The van der Waals surface area contributed by atoms with Crippen LogP contribution in [0.25, 0.3) is 17.0 Å². The van der Waals surface area contributed by atoms with Crippen LogP contribution in [-0.2, 0) is 19.0 Å². The number of hydrogen-bond acceptors (Lipinski definition) is 1. The van der Waals surface area contributed by atoms with E-state index >= 15 is 0 Å². The van der Waals surface area contributed by atoms with Crippen molar-refractivity contribution in [2.75, 3.05) is 0 Å². The van der Waals surface area contributed by atoms with Gasteiger partial charge in [0, 0.05) is 17.2 Å². The number of allylic oxidation sites excluding steroid dienone is 1. The number of alkyl halides is 2. The Bertz CT molecular complexity index is 1600. The molecule has 0 aliphatic heterocycles. The van der Waals surface area contributed by atoms with Crippen LogP contribution in [-0.4, -0.2) is 0 Å². The third-order valence-electron chi connectivity index (χ3n) is 6.33. The molecule has 0 saturated carbocycles. The van der Waals surface area contributed by atoms with Crippen molar-refractivity contribution in [3.63, 3.8) is 0 Å². The second kappa shape index (κ2) is 12.3. The Hall–Kier alpha value is -4.28. The Morgan fingerprint density at radius 2 is 1.24 bits per heavy atom. The SMILES string of the molecule is CC/C(F)=C(\F)c1ccc(CCc2cc(F)c(C(F)(F)Oc3ccc(-c4cc(F)c(F)c(F)c4)c(F)c3)c(F)c2)cc1. The lowest BCUT2D eigenvalue weighted by atomic mass is 10.0. The first-order chi connectivity index (χ1) is 19.8. The maximum absolute atomic E-state index is 14.8. The van der Waals surface area contributed by atoms with E-state index in [4.69, 9.17) is 0 Å². The second-order valence-electron chi connectivity index (χ2n) is 9.22. The van der Waals surface area contributed by atoms with Crippen LogP contribution in [0.15, 0.2) is 72.6 Å². The Morgan fingerprint density at radius 1 is 0.667 bits per heavy atom. The standard InChI is InChI=1S/C31H20F10O/c1-2-22(32)29(38)18-7-5-16(6-8-18)3-4-17-11-24(34)28(25(35)12-17)31(40,41)42-20-9-10-21(23(33)15-20)19-13-26(36)30(39)27(37)14-19/h5-15H,2-4H2,1H3/b29-22+. The molecule has 0 unspecified atom stereocenters. The minimum Gasteiger partial charge on any atom is -0.429 e. The average molecular weight is 598 g/mol. The van der Waals surface area contributed by atoms with Gasteiger partial charge in [0.05, 0.1) is 0 Å². The van der Waals surface area contributed by atoms with Crippen LogP contribution in [0, 0.1) is 34.9 Å². The number of ether oxygens (including phenoxy) is 1. The lowest BCUT2D eigenvalue weighted by Crippen LogP contribution is -2.25. The highest BCUT2D eigenvalue weighted by Gasteiger charge is 2.41. The van der Waals surface area contributed by atoms with Crippen molar-refractivity contribution in [1.29, 1.82) is 0 Å². The van der Waals surface area contributed by atoms with Crippen molar-refractivity contribution in [1.82, 2.24) is 0 Å². The molecule has 0 amide bonds. The van der Waals surface area contributed by atoms with Crippen LogP contribution < -0.4 is 4.74 Å². The van der Waals surface area contributed by atoms with Gasteiger partial charge in [-0.15, -0.1) is 0 Å². The van der Waals surface area contributed by atoms with Crippen molar-refractivity contribution >= 4 is 5.83 Å². The van der Waals surface area contributed by atoms with Crippen molar-refractivity contribution in [2.45, 2.75) is 32.3 Å². The molecule has 0 bridgehead atoms. The fourth-order valence-electron chi connectivity index (χ4n) is 4.17. The monoisotopic (exact) mass is 598 g/mol. The van der Waals surface area contributed by atoms with Gasteiger partial charge in [0.2, 0.25) is 0 Å². The van der Waals surface area contributed by atoms with E-state index < -0.39 is 75.1 Å². The van der Waals surface area contributed by atoms with E-state index in [2.05, 4.69) is 4.74 Å². The lowest BCUT2D eigenvalue weighted by Gasteiger charge is -2.20. The van der Waals surface area contributed by atoms with Gasteiger partial charge in [-0.3, -0.25) is 0 Å². The Balaban J connectivity index is 1.49. The van der Waals surface area contributed by atoms with E-state index in [9.17, 15) is 43.9 Å². The van der Waals surface area contributed by atoms with Gasteiger partial charge >= 0.3 is 6.11 Å². The molecule has 4 aromatic rings. The average Bonchev–Trinajstić information content (AvgIpc) is 2.93. The van der Waals surface area contributed by atoms with E-state index in [0.29, 0.717) is 35.9 Å². The summed E-state index contributed by atoms with van der Waals surface area (Å²) in [6, 6.07) is 10.0. The van der Waals surface area contributed by atoms with Gasteiger partial charge in [-0.1, -0.05) is 31.2 Å². The number of hydrogen-bond donors (Lipinski definition) is 0. The van der Waals surface area contributed by atoms with Crippen LogP contribution in [0.3, 0.4) is 0 Å². The Morgan fingerprint density at radius 3 is 1.79 bits per heavy atom. The van der Waals surface area contributed by atoms with Gasteiger partial charge < -0.3 is 4.74 Å². The molecule has 0 radical (unpaired) electrons. The van der Waals surface area contributed by atoms with Gasteiger partial charge in [-0.25, -0.2) is 35.1 Å². The van der Waals surface area contributed by atoms with Gasteiger partial charge in [0.15, 0.2) is 23.3 Å². The quantitative estimate of drug-likeness (QED) is 0.138. The van der Waals surface area contributed by atoms with E-state index in [1.165, 1.54) is 31.2 Å². The largest absolute Gasteiger partial charge is 0.432 e. The van der Waals surface area contributed by atoms with E-state index in [0.717, 1.165) is 12.1 Å².